The fraction of sp³-hybridized carbons (Fsp3) is 0.667. The van der Waals surface area contributed by atoms with Crippen molar-refractivity contribution in [3.05, 3.63) is 0 Å². The second-order valence-electron chi connectivity index (χ2n) is 4.28. The highest BCUT2D eigenvalue weighted by Gasteiger charge is 2.23. The number of ether oxygens (including phenoxy) is 1. The normalized spacial score (nSPS) is 14.9. The van der Waals surface area contributed by atoms with E-state index < -0.39 is 30.7 Å². The van der Waals surface area contributed by atoms with Crippen LogP contribution in [0.5, 0.6) is 0 Å². The lowest BCUT2D eigenvalue weighted by atomic mass is 10.2. The minimum Gasteiger partial charge on any atom is -0.381 e. The molecule has 0 fully saturated rings. The molecule has 0 aromatic heterocycles. The Morgan fingerprint density at radius 1 is 0.857 bits per heavy atom. The summed E-state index contributed by atoms with van der Waals surface area (Å²) in [6.45, 7) is -0.0548. The molecule has 0 saturated carbocycles. The number of rotatable bonds is 10. The first kappa shape index (κ1) is 19.9. The van der Waals surface area contributed by atoms with Gasteiger partial charge in [-0.3, -0.25) is 9.11 Å². The van der Waals surface area contributed by atoms with Crippen molar-refractivity contribution in [2.75, 3.05) is 13.2 Å². The number of hydrogen-bond acceptors (Lipinski definition) is 5. The van der Waals surface area contributed by atoms with E-state index in [0.29, 0.717) is 0 Å². The third-order valence-electron chi connectivity index (χ3n) is 2.70. The maximum atomic E-state index is 11.0. The van der Waals surface area contributed by atoms with Gasteiger partial charge in [-0.2, -0.15) is 16.8 Å². The Morgan fingerprint density at radius 3 is 1.43 bits per heavy atom. The second kappa shape index (κ2) is 9.03. The van der Waals surface area contributed by atoms with Crippen LogP contribution in [0.3, 0.4) is 0 Å². The standard InChI is InChI=1S/C12H18O7S2/c1-3-5-11(20(13,14)15)7-9-19-10-8-12(6-4-2)21(16,17)18/h1-2,11-12H,5-10H2,(H,13,14,15)(H,16,17,18). The summed E-state index contributed by atoms with van der Waals surface area (Å²) >= 11 is 0. The highest BCUT2D eigenvalue weighted by Crippen LogP contribution is 2.11. The van der Waals surface area contributed by atoms with Gasteiger partial charge in [0.25, 0.3) is 20.2 Å². The van der Waals surface area contributed by atoms with E-state index in [4.69, 9.17) is 26.7 Å². The van der Waals surface area contributed by atoms with Gasteiger partial charge in [0.15, 0.2) is 0 Å². The Kier molecular flexibility index (Phi) is 8.55. The molecule has 0 bridgehead atoms. The predicted molar refractivity (Wildman–Crippen MR) is 77.6 cm³/mol. The van der Waals surface area contributed by atoms with Gasteiger partial charge >= 0.3 is 0 Å². The maximum absolute atomic E-state index is 11.0. The van der Waals surface area contributed by atoms with Crippen molar-refractivity contribution in [1.29, 1.82) is 0 Å². The van der Waals surface area contributed by atoms with Crippen LogP contribution in [-0.2, 0) is 25.0 Å². The van der Waals surface area contributed by atoms with E-state index in [1.807, 2.05) is 0 Å². The first-order chi connectivity index (χ1) is 9.62. The smallest absolute Gasteiger partial charge is 0.268 e. The fourth-order valence-electron chi connectivity index (χ4n) is 1.51. The topological polar surface area (TPSA) is 118 Å². The Labute approximate surface area is 125 Å². The van der Waals surface area contributed by atoms with E-state index in [0.717, 1.165) is 0 Å². The molecule has 2 N–H and O–H groups in total. The highest BCUT2D eigenvalue weighted by atomic mass is 32.2. The van der Waals surface area contributed by atoms with Crippen LogP contribution in [0.1, 0.15) is 25.7 Å². The summed E-state index contributed by atoms with van der Waals surface area (Å²) in [7, 11) is -8.49. The average Bonchev–Trinajstić information content (AvgIpc) is 2.33. The molecule has 0 aliphatic rings. The molecule has 0 aromatic carbocycles. The second-order valence-corrected chi connectivity index (χ2v) is 7.67. The molecule has 21 heavy (non-hydrogen) atoms. The van der Waals surface area contributed by atoms with Crippen LogP contribution in [0, 0.1) is 24.7 Å². The van der Waals surface area contributed by atoms with Gasteiger partial charge in [0.1, 0.15) is 0 Å². The molecule has 0 saturated heterocycles. The zero-order valence-electron chi connectivity index (χ0n) is 11.3. The zero-order chi connectivity index (χ0) is 16.5. The maximum Gasteiger partial charge on any atom is 0.268 e. The summed E-state index contributed by atoms with van der Waals surface area (Å²) in [5, 5.41) is -2.24. The van der Waals surface area contributed by atoms with Crippen molar-refractivity contribution >= 4 is 20.2 Å². The summed E-state index contributed by atoms with van der Waals surface area (Å²) in [6.07, 6.45) is 9.67. The molecule has 2 unspecified atom stereocenters. The Hall–Kier alpha value is -1.10. The van der Waals surface area contributed by atoms with E-state index in [-0.39, 0.29) is 38.9 Å². The molecule has 0 aromatic rings. The Balaban J connectivity index is 4.22. The minimum absolute atomic E-state index is 0.0191. The first-order valence-electron chi connectivity index (χ1n) is 6.00. The molecule has 9 heteroatoms. The molecule has 120 valence electrons. The molecular formula is C12H18O7S2. The first-order valence-corrected chi connectivity index (χ1v) is 9.00. The van der Waals surface area contributed by atoms with Crippen LogP contribution in [0.2, 0.25) is 0 Å². The molecule has 0 radical (unpaired) electrons. The summed E-state index contributed by atoms with van der Waals surface area (Å²) in [5.41, 5.74) is 0. The third-order valence-corrected chi connectivity index (χ3v) is 5.19. The van der Waals surface area contributed by atoms with Gasteiger partial charge in [-0.15, -0.1) is 24.7 Å². The molecule has 0 amide bonds. The van der Waals surface area contributed by atoms with Crippen molar-refractivity contribution in [3.8, 4) is 24.7 Å². The summed E-state index contributed by atoms with van der Waals surface area (Å²) in [5.74, 6) is 4.28. The minimum atomic E-state index is -4.25. The van der Waals surface area contributed by atoms with E-state index in [9.17, 15) is 16.8 Å². The lowest BCUT2D eigenvalue weighted by Gasteiger charge is -2.13. The van der Waals surface area contributed by atoms with Crippen LogP contribution >= 0.6 is 0 Å². The average molecular weight is 338 g/mol. The zero-order valence-corrected chi connectivity index (χ0v) is 12.9. The van der Waals surface area contributed by atoms with E-state index in [1.54, 1.807) is 0 Å². The van der Waals surface area contributed by atoms with Crippen molar-refractivity contribution in [1.82, 2.24) is 0 Å². The van der Waals surface area contributed by atoms with Crippen molar-refractivity contribution in [2.24, 2.45) is 0 Å². The largest absolute Gasteiger partial charge is 0.381 e. The third kappa shape index (κ3) is 8.71. The van der Waals surface area contributed by atoms with Gasteiger partial charge in [-0.05, 0) is 12.8 Å². The molecule has 0 rings (SSSR count). The molecule has 2 atom stereocenters. The van der Waals surface area contributed by atoms with E-state index in [2.05, 4.69) is 11.8 Å². The van der Waals surface area contributed by atoms with Crippen LogP contribution in [0.15, 0.2) is 0 Å². The van der Waals surface area contributed by atoms with Gasteiger partial charge in [0.2, 0.25) is 0 Å². The molecular weight excluding hydrogens is 320 g/mol. The Bertz CT molecular complexity index is 538. The van der Waals surface area contributed by atoms with Crippen molar-refractivity contribution < 1.29 is 30.7 Å². The SMILES string of the molecule is C#CCC(CCOCCC(CC#C)S(=O)(=O)O)S(=O)(=O)O. The van der Waals surface area contributed by atoms with E-state index in [1.165, 1.54) is 0 Å². The molecule has 0 aliphatic heterocycles. The number of terminal acetylenes is 2. The molecule has 0 aliphatic carbocycles. The summed E-state index contributed by atoms with van der Waals surface area (Å²) in [6, 6.07) is 0. The monoisotopic (exact) mass is 338 g/mol. The molecule has 0 heterocycles. The lowest BCUT2D eigenvalue weighted by Crippen LogP contribution is -2.24. The van der Waals surface area contributed by atoms with Crippen LogP contribution < -0.4 is 0 Å². The van der Waals surface area contributed by atoms with Gasteiger partial charge in [0, 0.05) is 26.1 Å². The predicted octanol–water partition coefficient (Wildman–Crippen LogP) is 0.343. The number of hydrogen-bond donors (Lipinski definition) is 2. The lowest BCUT2D eigenvalue weighted by molar-refractivity contribution is 0.127. The Morgan fingerprint density at radius 2 is 1.19 bits per heavy atom. The highest BCUT2D eigenvalue weighted by molar-refractivity contribution is 7.86. The molecule has 0 spiro atoms. The quantitative estimate of drug-likeness (QED) is 0.335. The summed E-state index contributed by atoms with van der Waals surface area (Å²) in [4.78, 5) is 0. The van der Waals surface area contributed by atoms with Gasteiger partial charge in [0.05, 0.1) is 10.5 Å². The van der Waals surface area contributed by atoms with E-state index >= 15 is 0 Å². The van der Waals surface area contributed by atoms with Gasteiger partial charge < -0.3 is 4.74 Å². The summed E-state index contributed by atoms with van der Waals surface area (Å²) < 4.78 is 66.8. The van der Waals surface area contributed by atoms with Gasteiger partial charge in [-0.1, -0.05) is 0 Å². The fourth-order valence-corrected chi connectivity index (χ4v) is 2.91. The van der Waals surface area contributed by atoms with Crippen LogP contribution in [-0.4, -0.2) is 49.7 Å². The van der Waals surface area contributed by atoms with Gasteiger partial charge in [-0.25, -0.2) is 0 Å². The van der Waals surface area contributed by atoms with Crippen LogP contribution in [0.25, 0.3) is 0 Å². The molecule has 7 nitrogen and oxygen atoms in total. The van der Waals surface area contributed by atoms with Crippen molar-refractivity contribution in [3.63, 3.8) is 0 Å². The van der Waals surface area contributed by atoms with Crippen molar-refractivity contribution in [2.45, 2.75) is 36.2 Å². The van der Waals surface area contributed by atoms with Crippen LogP contribution in [0.4, 0.5) is 0 Å².